The molecule has 1 heterocycles. The SMILES string of the molecule is O=C(O)c1ccc(C2(NCc3cccc(O)c3)N=NN=N2)cc1Cl. The summed E-state index contributed by atoms with van der Waals surface area (Å²) in [5, 5.41) is 36.8. The molecule has 1 aliphatic rings. The van der Waals surface area contributed by atoms with E-state index in [0.717, 1.165) is 5.56 Å². The molecule has 122 valence electrons. The summed E-state index contributed by atoms with van der Waals surface area (Å²) in [5.74, 6) is -2.26. The second kappa shape index (κ2) is 6.34. The second-order valence-electron chi connectivity index (χ2n) is 5.07. The lowest BCUT2D eigenvalue weighted by Crippen LogP contribution is -2.37. The number of hydrogen-bond acceptors (Lipinski definition) is 7. The maximum Gasteiger partial charge on any atom is 0.337 e. The van der Waals surface area contributed by atoms with Crippen molar-refractivity contribution in [3.8, 4) is 5.75 Å². The summed E-state index contributed by atoms with van der Waals surface area (Å²) in [5.41, 5.74) is 1.29. The molecule has 0 amide bonds. The molecule has 0 aliphatic carbocycles. The van der Waals surface area contributed by atoms with Crippen molar-refractivity contribution in [1.82, 2.24) is 5.32 Å². The first-order chi connectivity index (χ1) is 11.5. The maximum atomic E-state index is 11.1. The third-order valence-corrected chi connectivity index (χ3v) is 3.78. The van der Waals surface area contributed by atoms with Gasteiger partial charge in [0, 0.05) is 12.1 Å². The summed E-state index contributed by atoms with van der Waals surface area (Å²) in [6.45, 7) is 0.324. The van der Waals surface area contributed by atoms with Crippen LogP contribution in [0.3, 0.4) is 0 Å². The topological polar surface area (TPSA) is 119 Å². The molecule has 0 unspecified atom stereocenters. The maximum absolute atomic E-state index is 11.1. The number of hydrogen-bond donors (Lipinski definition) is 3. The van der Waals surface area contributed by atoms with E-state index in [2.05, 4.69) is 26.0 Å². The number of aromatic hydroxyl groups is 1. The zero-order valence-corrected chi connectivity index (χ0v) is 13.0. The molecule has 9 heteroatoms. The highest BCUT2D eigenvalue weighted by atomic mass is 35.5. The van der Waals surface area contributed by atoms with E-state index in [1.807, 2.05) is 6.07 Å². The third-order valence-electron chi connectivity index (χ3n) is 3.47. The Morgan fingerprint density at radius 3 is 2.54 bits per heavy atom. The van der Waals surface area contributed by atoms with E-state index in [1.165, 1.54) is 12.1 Å². The number of halogens is 1. The van der Waals surface area contributed by atoms with E-state index >= 15 is 0 Å². The van der Waals surface area contributed by atoms with Crippen LogP contribution in [0.4, 0.5) is 0 Å². The minimum atomic E-state index is -1.29. The first-order valence-corrected chi connectivity index (χ1v) is 7.28. The molecule has 0 aromatic heterocycles. The molecule has 3 N–H and O–H groups in total. The molecule has 0 saturated carbocycles. The number of benzene rings is 2. The predicted molar refractivity (Wildman–Crippen MR) is 84.7 cm³/mol. The highest BCUT2D eigenvalue weighted by Crippen LogP contribution is 2.32. The van der Waals surface area contributed by atoms with Crippen molar-refractivity contribution in [3.05, 3.63) is 64.2 Å². The number of carboxylic acid groups (broad SMARTS) is 1. The fourth-order valence-corrected chi connectivity index (χ4v) is 2.54. The summed E-state index contributed by atoms with van der Waals surface area (Å²) >= 11 is 6.02. The largest absolute Gasteiger partial charge is 0.508 e. The number of nitrogens with one attached hydrogen (secondary N) is 1. The fourth-order valence-electron chi connectivity index (χ4n) is 2.27. The highest BCUT2D eigenvalue weighted by molar-refractivity contribution is 6.33. The van der Waals surface area contributed by atoms with Gasteiger partial charge >= 0.3 is 5.97 Å². The van der Waals surface area contributed by atoms with Gasteiger partial charge in [-0.2, -0.15) is 0 Å². The van der Waals surface area contributed by atoms with Gasteiger partial charge in [0.15, 0.2) is 0 Å². The van der Waals surface area contributed by atoms with Crippen LogP contribution in [0.1, 0.15) is 21.5 Å². The molecule has 2 aromatic rings. The lowest BCUT2D eigenvalue weighted by Gasteiger charge is -2.22. The molecule has 0 atom stereocenters. The van der Waals surface area contributed by atoms with Crippen LogP contribution >= 0.6 is 11.6 Å². The van der Waals surface area contributed by atoms with Crippen LogP contribution in [0.2, 0.25) is 5.02 Å². The van der Waals surface area contributed by atoms with Crippen molar-refractivity contribution in [2.24, 2.45) is 20.7 Å². The number of aromatic carboxylic acids is 1. The molecule has 1 aliphatic heterocycles. The Labute approximate surface area is 141 Å². The Morgan fingerprint density at radius 1 is 1.17 bits per heavy atom. The zero-order valence-electron chi connectivity index (χ0n) is 12.2. The third kappa shape index (κ3) is 3.10. The van der Waals surface area contributed by atoms with E-state index in [9.17, 15) is 9.90 Å². The smallest absolute Gasteiger partial charge is 0.337 e. The van der Waals surface area contributed by atoms with E-state index < -0.39 is 11.8 Å². The molecule has 8 nitrogen and oxygen atoms in total. The predicted octanol–water partition coefficient (Wildman–Crippen LogP) is 3.48. The van der Waals surface area contributed by atoms with Gasteiger partial charge in [0.1, 0.15) is 5.75 Å². The van der Waals surface area contributed by atoms with Gasteiger partial charge in [0.2, 0.25) is 0 Å². The minimum Gasteiger partial charge on any atom is -0.508 e. The monoisotopic (exact) mass is 345 g/mol. The molecule has 0 spiro atoms. The van der Waals surface area contributed by atoms with Crippen LogP contribution in [0.15, 0.2) is 63.1 Å². The average Bonchev–Trinajstić information content (AvgIpc) is 3.03. The second-order valence-corrected chi connectivity index (χ2v) is 5.48. The van der Waals surface area contributed by atoms with Gasteiger partial charge < -0.3 is 10.2 Å². The number of carboxylic acids is 1. The van der Waals surface area contributed by atoms with Crippen molar-refractivity contribution in [2.75, 3.05) is 0 Å². The number of phenolic OH excluding ortho intramolecular Hbond substituents is 1. The van der Waals surface area contributed by atoms with E-state index in [4.69, 9.17) is 16.7 Å². The minimum absolute atomic E-state index is 0.0181. The van der Waals surface area contributed by atoms with Crippen molar-refractivity contribution < 1.29 is 15.0 Å². The Morgan fingerprint density at radius 2 is 1.92 bits per heavy atom. The zero-order chi connectivity index (χ0) is 17.2. The van der Waals surface area contributed by atoms with Crippen molar-refractivity contribution in [1.29, 1.82) is 0 Å². The van der Waals surface area contributed by atoms with Crippen LogP contribution in [0, 0.1) is 0 Å². The molecule has 0 saturated heterocycles. The first kappa shape index (κ1) is 16.0. The van der Waals surface area contributed by atoms with Crippen molar-refractivity contribution in [3.63, 3.8) is 0 Å². The summed E-state index contributed by atoms with van der Waals surface area (Å²) in [4.78, 5) is 11.1. The summed E-state index contributed by atoms with van der Waals surface area (Å²) < 4.78 is 0. The lowest BCUT2D eigenvalue weighted by molar-refractivity contribution is 0.0697. The molecule has 3 rings (SSSR count). The van der Waals surface area contributed by atoms with Crippen LogP contribution in [-0.4, -0.2) is 16.2 Å². The van der Waals surface area contributed by atoms with Crippen LogP contribution in [0.5, 0.6) is 5.75 Å². The number of nitrogens with zero attached hydrogens (tertiary/aromatic N) is 4. The normalized spacial score (nSPS) is 14.9. The quantitative estimate of drug-likeness (QED) is 0.768. The standard InChI is InChI=1S/C15H12ClN5O3/c16-13-7-10(4-5-12(13)14(23)24)15(18-20-21-19-15)17-8-9-2-1-3-11(22)6-9/h1-7,17,22H,8H2,(H,23,24). The molecule has 2 aromatic carbocycles. The van der Waals surface area contributed by atoms with Gasteiger partial charge in [-0.15, -0.1) is 10.2 Å². The van der Waals surface area contributed by atoms with Gasteiger partial charge in [-0.3, -0.25) is 5.32 Å². The van der Waals surface area contributed by atoms with Crippen molar-refractivity contribution >= 4 is 17.6 Å². The number of phenols is 1. The molecular formula is C15H12ClN5O3. The fraction of sp³-hybridized carbons (Fsp3) is 0.133. The molecule has 24 heavy (non-hydrogen) atoms. The molecule has 0 radical (unpaired) electrons. The summed E-state index contributed by atoms with van der Waals surface area (Å²) in [6, 6.07) is 11.1. The van der Waals surface area contributed by atoms with E-state index in [1.54, 1.807) is 24.3 Å². The van der Waals surface area contributed by atoms with Gasteiger partial charge in [0.05, 0.1) is 10.6 Å². The lowest BCUT2D eigenvalue weighted by atomic mass is 10.1. The Hall–Kier alpha value is -2.84. The van der Waals surface area contributed by atoms with Crippen molar-refractivity contribution in [2.45, 2.75) is 12.3 Å². The van der Waals surface area contributed by atoms with Gasteiger partial charge in [-0.05, 0) is 40.3 Å². The van der Waals surface area contributed by atoms with E-state index in [0.29, 0.717) is 12.1 Å². The van der Waals surface area contributed by atoms with Crippen LogP contribution in [-0.2, 0) is 12.3 Å². The van der Waals surface area contributed by atoms with Gasteiger partial charge in [-0.25, -0.2) is 4.79 Å². The summed E-state index contributed by atoms with van der Waals surface area (Å²) in [6.07, 6.45) is 0. The van der Waals surface area contributed by atoms with Gasteiger partial charge in [-0.1, -0.05) is 29.8 Å². The number of carbonyl (C=O) groups is 1. The van der Waals surface area contributed by atoms with Gasteiger partial charge in [0.25, 0.3) is 5.79 Å². The number of rotatable bonds is 5. The average molecular weight is 346 g/mol. The van der Waals surface area contributed by atoms with Crippen LogP contribution in [0.25, 0.3) is 0 Å². The van der Waals surface area contributed by atoms with E-state index in [-0.39, 0.29) is 16.3 Å². The summed E-state index contributed by atoms with van der Waals surface area (Å²) in [7, 11) is 0. The van der Waals surface area contributed by atoms with Crippen LogP contribution < -0.4 is 5.32 Å². The molecule has 0 fully saturated rings. The first-order valence-electron chi connectivity index (χ1n) is 6.90. The highest BCUT2D eigenvalue weighted by Gasteiger charge is 2.35. The Kier molecular flexibility index (Phi) is 4.24. The Bertz CT molecular complexity index is 841. The Balaban J connectivity index is 1.89. The molecule has 0 bridgehead atoms. The molecular weight excluding hydrogens is 334 g/mol.